The van der Waals surface area contributed by atoms with Gasteiger partial charge in [0.2, 0.25) is 5.95 Å². The van der Waals surface area contributed by atoms with Crippen molar-refractivity contribution in [2.24, 2.45) is 0 Å². The van der Waals surface area contributed by atoms with Gasteiger partial charge in [0.05, 0.1) is 12.4 Å². The molecule has 30 heavy (non-hydrogen) atoms. The molecule has 1 fully saturated rings. The summed E-state index contributed by atoms with van der Waals surface area (Å²) < 4.78 is 1.85. The van der Waals surface area contributed by atoms with Crippen molar-refractivity contribution in [3.63, 3.8) is 0 Å². The van der Waals surface area contributed by atoms with Gasteiger partial charge in [-0.15, -0.1) is 5.10 Å². The minimum absolute atomic E-state index is 0.685. The lowest BCUT2D eigenvalue weighted by atomic mass is 10.2. The molecule has 1 aliphatic heterocycles. The zero-order chi connectivity index (χ0) is 20.5. The van der Waals surface area contributed by atoms with E-state index in [4.69, 9.17) is 10.1 Å². The summed E-state index contributed by atoms with van der Waals surface area (Å²) in [4.78, 5) is 9.25. The van der Waals surface area contributed by atoms with Gasteiger partial charge in [0.25, 0.3) is 0 Å². The Balaban J connectivity index is 1.35. The smallest absolute Gasteiger partial charge is 0.245 e. The van der Waals surface area contributed by atoms with Crippen molar-refractivity contribution in [2.75, 3.05) is 36.4 Å². The van der Waals surface area contributed by atoms with E-state index in [0.29, 0.717) is 5.95 Å². The zero-order valence-corrected chi connectivity index (χ0v) is 16.7. The maximum absolute atomic E-state index is 4.80. The number of nitrogens with zero attached hydrogens (tertiary/aromatic N) is 8. The van der Waals surface area contributed by atoms with Gasteiger partial charge in [-0.25, -0.2) is 4.52 Å². The molecule has 4 aromatic rings. The maximum atomic E-state index is 4.80. The number of hydrogen-bond acceptors (Lipinski definition) is 8. The number of anilines is 3. The first-order chi connectivity index (χ1) is 14.7. The van der Waals surface area contributed by atoms with E-state index in [-0.39, 0.29) is 0 Å². The second-order valence-electron chi connectivity index (χ2n) is 7.21. The fourth-order valence-electron chi connectivity index (χ4n) is 3.57. The molecule has 0 amide bonds. The molecule has 0 radical (unpaired) electrons. The van der Waals surface area contributed by atoms with Gasteiger partial charge in [-0.1, -0.05) is 6.58 Å². The highest BCUT2D eigenvalue weighted by Gasteiger charge is 2.22. The molecule has 2 N–H and O–H groups in total. The molecule has 0 bridgehead atoms. The van der Waals surface area contributed by atoms with Crippen LogP contribution in [0.2, 0.25) is 0 Å². The third kappa shape index (κ3) is 3.43. The Bertz CT molecular complexity index is 1170. The number of hydrogen-bond donors (Lipinski definition) is 2. The molecule has 5 heterocycles. The molecule has 1 aliphatic rings. The molecule has 10 heteroatoms. The van der Waals surface area contributed by atoms with Crippen molar-refractivity contribution in [3.8, 4) is 0 Å². The third-order valence-corrected chi connectivity index (χ3v) is 5.19. The molecule has 5 rings (SSSR count). The zero-order valence-electron chi connectivity index (χ0n) is 16.7. The lowest BCUT2D eigenvalue weighted by Crippen LogP contribution is -2.46. The molecular formula is C20H22N10. The van der Waals surface area contributed by atoms with E-state index < -0.39 is 0 Å². The number of aryl methyl sites for hydroxylation is 1. The van der Waals surface area contributed by atoms with Gasteiger partial charge in [0, 0.05) is 55.4 Å². The van der Waals surface area contributed by atoms with Crippen molar-refractivity contribution in [1.29, 1.82) is 0 Å². The second kappa shape index (κ2) is 7.47. The first-order valence-corrected chi connectivity index (χ1v) is 9.78. The Morgan fingerprint density at radius 3 is 2.77 bits per heavy atom. The molecule has 1 saturated heterocycles. The van der Waals surface area contributed by atoms with Gasteiger partial charge in [-0.05, 0) is 25.1 Å². The van der Waals surface area contributed by atoms with Crippen LogP contribution in [0, 0.1) is 6.92 Å². The van der Waals surface area contributed by atoms with Crippen LogP contribution in [-0.4, -0.2) is 66.1 Å². The number of aromatic nitrogens is 7. The van der Waals surface area contributed by atoms with Crippen molar-refractivity contribution in [1.82, 2.24) is 39.9 Å². The molecule has 4 aromatic heterocycles. The van der Waals surface area contributed by atoms with Crippen molar-refractivity contribution >= 4 is 28.8 Å². The fourth-order valence-corrected chi connectivity index (χ4v) is 3.57. The quantitative estimate of drug-likeness (QED) is 0.523. The summed E-state index contributed by atoms with van der Waals surface area (Å²) in [5, 5.41) is 23.0. The minimum Gasteiger partial charge on any atom is -0.368 e. The van der Waals surface area contributed by atoms with Gasteiger partial charge in [-0.3, -0.25) is 5.10 Å². The van der Waals surface area contributed by atoms with Crippen LogP contribution >= 0.6 is 0 Å². The molecule has 0 aromatic carbocycles. The minimum atomic E-state index is 0.685. The first-order valence-electron chi connectivity index (χ1n) is 9.78. The standard InChI is InChI=1S/C20H22N10/c1-14-12-18(26-25-14)23-19-17-4-3-7-30(17)27-20(24-19)29-10-8-28(9-11-29)15(2)16-5-6-21-22-13-16/h3-7,12-13H,2,8-11H2,1H3,(H2,23,24,25,26,27). The average molecular weight is 402 g/mol. The normalized spacial score (nSPS) is 14.3. The maximum Gasteiger partial charge on any atom is 0.245 e. The first kappa shape index (κ1) is 18.1. The highest BCUT2D eigenvalue weighted by atomic mass is 15.4. The van der Waals surface area contributed by atoms with Crippen molar-refractivity contribution in [2.45, 2.75) is 6.92 Å². The highest BCUT2D eigenvalue weighted by molar-refractivity contribution is 5.73. The lowest BCUT2D eigenvalue weighted by molar-refractivity contribution is 0.365. The van der Waals surface area contributed by atoms with E-state index in [1.165, 1.54) is 0 Å². The molecule has 0 unspecified atom stereocenters. The van der Waals surface area contributed by atoms with Crippen molar-refractivity contribution < 1.29 is 0 Å². The topological polar surface area (TPSA) is 103 Å². The van der Waals surface area contributed by atoms with Crippen LogP contribution in [0.3, 0.4) is 0 Å². The largest absolute Gasteiger partial charge is 0.368 e. The predicted molar refractivity (Wildman–Crippen MR) is 114 cm³/mol. The van der Waals surface area contributed by atoms with E-state index in [1.807, 2.05) is 41.9 Å². The fraction of sp³-hybridized carbons (Fsp3) is 0.250. The summed E-state index contributed by atoms with van der Waals surface area (Å²) in [6.45, 7) is 9.44. The Morgan fingerprint density at radius 2 is 2.03 bits per heavy atom. The molecule has 0 spiro atoms. The van der Waals surface area contributed by atoms with Gasteiger partial charge in [0.1, 0.15) is 5.52 Å². The van der Waals surface area contributed by atoms with Crippen LogP contribution in [0.25, 0.3) is 11.2 Å². The Hall–Kier alpha value is -3.95. The van der Waals surface area contributed by atoms with E-state index in [1.54, 1.807) is 12.4 Å². The number of nitrogens with one attached hydrogen (secondary N) is 2. The van der Waals surface area contributed by atoms with Crippen LogP contribution in [0.1, 0.15) is 11.3 Å². The summed E-state index contributed by atoms with van der Waals surface area (Å²) in [5.74, 6) is 2.14. The van der Waals surface area contributed by atoms with Gasteiger partial charge >= 0.3 is 0 Å². The van der Waals surface area contributed by atoms with Crippen LogP contribution in [0.5, 0.6) is 0 Å². The molecule has 10 nitrogen and oxygen atoms in total. The number of fused-ring (bicyclic) bond motifs is 1. The van der Waals surface area contributed by atoms with Crippen LogP contribution < -0.4 is 10.2 Å². The second-order valence-corrected chi connectivity index (χ2v) is 7.21. The van der Waals surface area contributed by atoms with E-state index >= 15 is 0 Å². The number of aromatic amines is 1. The number of rotatable bonds is 5. The van der Waals surface area contributed by atoms with E-state index in [9.17, 15) is 0 Å². The number of H-pyrrole nitrogens is 1. The van der Waals surface area contributed by atoms with Gasteiger partial charge in [-0.2, -0.15) is 20.3 Å². The monoisotopic (exact) mass is 402 g/mol. The molecular weight excluding hydrogens is 380 g/mol. The average Bonchev–Trinajstić information content (AvgIpc) is 3.43. The predicted octanol–water partition coefficient (Wildman–Crippen LogP) is 2.09. The third-order valence-electron chi connectivity index (χ3n) is 5.19. The molecule has 0 atom stereocenters. The molecule has 152 valence electrons. The van der Waals surface area contributed by atoms with Crippen LogP contribution in [0.15, 0.2) is 49.4 Å². The summed E-state index contributed by atoms with van der Waals surface area (Å²) in [6, 6.07) is 7.81. The number of piperazine rings is 1. The van der Waals surface area contributed by atoms with Crippen molar-refractivity contribution in [3.05, 3.63) is 60.7 Å². The van der Waals surface area contributed by atoms with Crippen LogP contribution in [0.4, 0.5) is 17.6 Å². The molecule has 0 saturated carbocycles. The highest BCUT2D eigenvalue weighted by Crippen LogP contribution is 2.24. The Labute approximate surface area is 173 Å². The lowest BCUT2D eigenvalue weighted by Gasteiger charge is -2.37. The summed E-state index contributed by atoms with van der Waals surface area (Å²) in [5.41, 5.74) is 3.84. The van der Waals surface area contributed by atoms with Gasteiger partial charge in [0.15, 0.2) is 11.6 Å². The Kier molecular flexibility index (Phi) is 4.51. The summed E-state index contributed by atoms with van der Waals surface area (Å²) in [6.07, 6.45) is 5.36. The molecule has 0 aliphatic carbocycles. The SMILES string of the molecule is C=C(c1ccnnc1)N1CCN(c2nc(Nc3cc(C)[nH]n3)c3cccn3n2)CC1. The van der Waals surface area contributed by atoms with Crippen LogP contribution in [-0.2, 0) is 0 Å². The van der Waals surface area contributed by atoms with E-state index in [2.05, 4.69) is 42.1 Å². The summed E-state index contributed by atoms with van der Waals surface area (Å²) in [7, 11) is 0. The summed E-state index contributed by atoms with van der Waals surface area (Å²) >= 11 is 0. The van der Waals surface area contributed by atoms with Gasteiger partial charge < -0.3 is 15.1 Å². The Morgan fingerprint density at radius 1 is 1.17 bits per heavy atom. The van der Waals surface area contributed by atoms with E-state index in [0.717, 1.165) is 60.3 Å².